The molecule has 7 nitrogen and oxygen atoms in total. The summed E-state index contributed by atoms with van der Waals surface area (Å²) in [6, 6.07) is 11.8. The van der Waals surface area contributed by atoms with Crippen molar-refractivity contribution in [3.05, 3.63) is 60.7 Å². The Kier molecular flexibility index (Phi) is 4.81. The van der Waals surface area contributed by atoms with Crippen molar-refractivity contribution in [3.63, 3.8) is 0 Å². The topological polar surface area (TPSA) is 79.0 Å². The molecule has 2 aromatic rings. The van der Waals surface area contributed by atoms with Gasteiger partial charge in [0.1, 0.15) is 5.82 Å². The first kappa shape index (κ1) is 16.6. The third-order valence-electron chi connectivity index (χ3n) is 4.40. The van der Waals surface area contributed by atoms with E-state index in [0.29, 0.717) is 13.2 Å². The van der Waals surface area contributed by atoms with Crippen LogP contribution in [0.2, 0.25) is 0 Å². The summed E-state index contributed by atoms with van der Waals surface area (Å²) in [7, 11) is 0. The molecule has 4 rings (SSSR count). The van der Waals surface area contributed by atoms with Gasteiger partial charge < -0.3 is 15.8 Å². The second kappa shape index (κ2) is 7.55. The number of allylic oxidation sites excluding steroid dienone is 1. The van der Waals surface area contributed by atoms with Gasteiger partial charge >= 0.3 is 0 Å². The monoisotopic (exact) mass is 350 g/mol. The van der Waals surface area contributed by atoms with Crippen LogP contribution in [0.15, 0.2) is 65.7 Å². The first-order chi connectivity index (χ1) is 12.8. The molecule has 3 N–H and O–H groups in total. The van der Waals surface area contributed by atoms with E-state index in [0.717, 1.165) is 36.0 Å². The van der Waals surface area contributed by atoms with Gasteiger partial charge in [0, 0.05) is 36.9 Å². The summed E-state index contributed by atoms with van der Waals surface area (Å²) in [5.41, 5.74) is 8.67. The fourth-order valence-corrected chi connectivity index (χ4v) is 3.16. The Bertz CT molecular complexity index is 801. The van der Waals surface area contributed by atoms with Gasteiger partial charge in [-0.25, -0.2) is 0 Å². The van der Waals surface area contributed by atoms with Gasteiger partial charge in [0.2, 0.25) is 0 Å². The molecule has 0 saturated carbocycles. The maximum atomic E-state index is 6.04. The lowest BCUT2D eigenvalue weighted by Crippen LogP contribution is -2.53. The van der Waals surface area contributed by atoms with Crippen LogP contribution in [0.5, 0.6) is 0 Å². The molecule has 2 aliphatic heterocycles. The van der Waals surface area contributed by atoms with Gasteiger partial charge in [-0.15, -0.1) is 0 Å². The number of nitrogen functional groups attached to an aromatic ring is 1. The van der Waals surface area contributed by atoms with Crippen LogP contribution in [0.25, 0.3) is 0 Å². The van der Waals surface area contributed by atoms with E-state index in [1.165, 1.54) is 0 Å². The SMILES string of the molecule is Nc1cccc(N2C(Nc3cccnc3)=CC=NC2N2CCOCC2)c1. The number of hydrogen-bond acceptors (Lipinski definition) is 7. The van der Waals surface area contributed by atoms with Crippen molar-refractivity contribution >= 4 is 23.3 Å². The van der Waals surface area contributed by atoms with E-state index in [2.05, 4.69) is 20.1 Å². The molecule has 0 radical (unpaired) electrons. The second-order valence-corrected chi connectivity index (χ2v) is 6.18. The number of benzene rings is 1. The summed E-state index contributed by atoms with van der Waals surface area (Å²) in [5.74, 6) is 0.926. The van der Waals surface area contributed by atoms with Gasteiger partial charge in [-0.2, -0.15) is 0 Å². The maximum absolute atomic E-state index is 6.04. The predicted molar refractivity (Wildman–Crippen MR) is 104 cm³/mol. The van der Waals surface area contributed by atoms with E-state index in [4.69, 9.17) is 15.5 Å². The van der Waals surface area contributed by atoms with Crippen LogP contribution in [-0.2, 0) is 4.74 Å². The summed E-state index contributed by atoms with van der Waals surface area (Å²) in [6.07, 6.45) is 7.22. The maximum Gasteiger partial charge on any atom is 0.184 e. The normalized spacial score (nSPS) is 20.7. The van der Waals surface area contributed by atoms with E-state index in [1.807, 2.05) is 48.7 Å². The highest BCUT2D eigenvalue weighted by Gasteiger charge is 2.30. The Morgan fingerprint density at radius 3 is 2.81 bits per heavy atom. The Labute approximate surface area is 152 Å². The molecule has 1 saturated heterocycles. The van der Waals surface area contributed by atoms with E-state index >= 15 is 0 Å². The molecule has 3 heterocycles. The van der Waals surface area contributed by atoms with Gasteiger partial charge in [-0.05, 0) is 36.4 Å². The summed E-state index contributed by atoms with van der Waals surface area (Å²) < 4.78 is 5.50. The van der Waals surface area contributed by atoms with Gasteiger partial charge in [-0.1, -0.05) is 6.07 Å². The van der Waals surface area contributed by atoms with Crippen molar-refractivity contribution in [3.8, 4) is 0 Å². The fourth-order valence-electron chi connectivity index (χ4n) is 3.16. The zero-order valence-electron chi connectivity index (χ0n) is 14.5. The van der Waals surface area contributed by atoms with E-state index in [1.54, 1.807) is 12.4 Å². The Balaban J connectivity index is 1.68. The van der Waals surface area contributed by atoms with Crippen LogP contribution in [0, 0.1) is 0 Å². The zero-order chi connectivity index (χ0) is 17.8. The quantitative estimate of drug-likeness (QED) is 0.823. The second-order valence-electron chi connectivity index (χ2n) is 6.18. The van der Waals surface area contributed by atoms with Crippen molar-refractivity contribution in [2.45, 2.75) is 6.29 Å². The lowest BCUT2D eigenvalue weighted by molar-refractivity contribution is 0.0189. The van der Waals surface area contributed by atoms with Crippen LogP contribution >= 0.6 is 0 Å². The number of aliphatic imine (C=N–C) groups is 1. The molecule has 1 unspecified atom stereocenters. The lowest BCUT2D eigenvalue weighted by atomic mass is 10.2. The molecule has 0 bridgehead atoms. The van der Waals surface area contributed by atoms with Crippen LogP contribution in [0.1, 0.15) is 0 Å². The number of nitrogens with one attached hydrogen (secondary N) is 1. The molecule has 134 valence electrons. The van der Waals surface area contributed by atoms with Gasteiger partial charge in [0.15, 0.2) is 6.29 Å². The van der Waals surface area contributed by atoms with Gasteiger partial charge in [-0.3, -0.25) is 19.8 Å². The first-order valence-corrected chi connectivity index (χ1v) is 8.68. The molecule has 0 amide bonds. The highest BCUT2D eigenvalue weighted by atomic mass is 16.5. The average molecular weight is 350 g/mol. The Morgan fingerprint density at radius 1 is 1.15 bits per heavy atom. The molecule has 1 atom stereocenters. The lowest BCUT2D eigenvalue weighted by Gasteiger charge is -2.42. The molecule has 0 spiro atoms. The summed E-state index contributed by atoms with van der Waals surface area (Å²) in [6.45, 7) is 3.10. The number of pyridine rings is 1. The third kappa shape index (κ3) is 3.54. The number of nitrogens with zero attached hydrogens (tertiary/aromatic N) is 4. The number of rotatable bonds is 4. The number of morpholine rings is 1. The first-order valence-electron chi connectivity index (χ1n) is 8.68. The molecule has 1 aromatic heterocycles. The minimum absolute atomic E-state index is 0.148. The van der Waals surface area contributed by atoms with Crippen molar-refractivity contribution in [2.24, 2.45) is 4.99 Å². The van der Waals surface area contributed by atoms with Crippen molar-refractivity contribution in [1.82, 2.24) is 9.88 Å². The Morgan fingerprint density at radius 2 is 2.04 bits per heavy atom. The summed E-state index contributed by atoms with van der Waals surface area (Å²) >= 11 is 0. The molecule has 26 heavy (non-hydrogen) atoms. The largest absolute Gasteiger partial charge is 0.399 e. The minimum atomic E-state index is -0.148. The molecular formula is C19H22N6O. The predicted octanol–water partition coefficient (Wildman–Crippen LogP) is 2.12. The number of hydrogen-bond donors (Lipinski definition) is 2. The van der Waals surface area contributed by atoms with Crippen LogP contribution in [0.4, 0.5) is 17.1 Å². The number of nitrogens with two attached hydrogens (primary N) is 1. The molecule has 2 aliphatic rings. The number of aromatic nitrogens is 1. The van der Waals surface area contributed by atoms with E-state index in [9.17, 15) is 0 Å². The van der Waals surface area contributed by atoms with E-state index in [-0.39, 0.29) is 6.29 Å². The van der Waals surface area contributed by atoms with Crippen molar-refractivity contribution in [2.75, 3.05) is 42.3 Å². The zero-order valence-corrected chi connectivity index (χ0v) is 14.5. The van der Waals surface area contributed by atoms with E-state index < -0.39 is 0 Å². The van der Waals surface area contributed by atoms with Crippen LogP contribution in [0.3, 0.4) is 0 Å². The van der Waals surface area contributed by atoms with Gasteiger partial charge in [0.25, 0.3) is 0 Å². The molecule has 7 heteroatoms. The third-order valence-corrected chi connectivity index (χ3v) is 4.40. The van der Waals surface area contributed by atoms with Gasteiger partial charge in [0.05, 0.1) is 25.1 Å². The van der Waals surface area contributed by atoms with Crippen molar-refractivity contribution < 1.29 is 4.74 Å². The van der Waals surface area contributed by atoms with Crippen molar-refractivity contribution in [1.29, 1.82) is 0 Å². The van der Waals surface area contributed by atoms with Crippen LogP contribution in [-0.4, -0.2) is 48.7 Å². The summed E-state index contributed by atoms with van der Waals surface area (Å²) in [5, 5.41) is 3.45. The summed E-state index contributed by atoms with van der Waals surface area (Å²) in [4.78, 5) is 13.4. The molecule has 0 aliphatic carbocycles. The molecule has 1 aromatic carbocycles. The standard InChI is InChI=1S/C19H22N6O/c20-15-3-1-5-17(13-15)25-18(23-16-4-2-7-21-14-16)6-8-22-19(25)24-9-11-26-12-10-24/h1-8,13-14,19,23H,9-12,20H2. The minimum Gasteiger partial charge on any atom is -0.399 e. The highest BCUT2D eigenvalue weighted by Crippen LogP contribution is 2.29. The Hall–Kier alpha value is -2.90. The highest BCUT2D eigenvalue weighted by molar-refractivity contribution is 5.79. The fraction of sp³-hybridized carbons (Fsp3) is 0.263. The average Bonchev–Trinajstić information content (AvgIpc) is 2.69. The number of anilines is 3. The smallest absolute Gasteiger partial charge is 0.184 e. The van der Waals surface area contributed by atoms with Crippen LogP contribution < -0.4 is 16.0 Å². The molecule has 1 fully saturated rings. The number of ether oxygens (including phenoxy) is 1. The molecular weight excluding hydrogens is 328 g/mol.